The van der Waals surface area contributed by atoms with Crippen LogP contribution in [0.3, 0.4) is 0 Å². The predicted octanol–water partition coefficient (Wildman–Crippen LogP) is 0.843. The summed E-state index contributed by atoms with van der Waals surface area (Å²) in [6, 6.07) is -0.396. The molecule has 5 N–H and O–H groups in total. The monoisotopic (exact) mass is 472 g/mol. The van der Waals surface area contributed by atoms with Gasteiger partial charge in [-0.15, -0.1) is 0 Å². The molecule has 10 nitrogen and oxygen atoms in total. The van der Waals surface area contributed by atoms with Crippen LogP contribution in [0, 0.1) is 0 Å². The molecule has 0 bridgehead atoms. The average Bonchev–Trinajstić information content (AvgIpc) is 3.19. The summed E-state index contributed by atoms with van der Waals surface area (Å²) in [7, 11) is 0. The number of anilines is 1. The van der Waals surface area contributed by atoms with Crippen LogP contribution in [0.4, 0.5) is 5.69 Å². The van der Waals surface area contributed by atoms with Crippen LogP contribution in [-0.2, 0) is 19.2 Å². The zero-order valence-electron chi connectivity index (χ0n) is 16.6. The number of carboxylic acid groups (broad SMARTS) is 1. The van der Waals surface area contributed by atoms with Crippen LogP contribution in [-0.4, -0.2) is 64.7 Å². The van der Waals surface area contributed by atoms with Gasteiger partial charge in [-0.3, -0.25) is 19.2 Å². The van der Waals surface area contributed by atoms with Gasteiger partial charge < -0.3 is 31.2 Å². The van der Waals surface area contributed by atoms with Gasteiger partial charge in [0.2, 0.25) is 11.8 Å². The number of nitrogen functional groups attached to an aromatic ring is 1. The Kier molecular flexibility index (Phi) is 8.23. The first-order valence-corrected chi connectivity index (χ1v) is 10.1. The number of carboxylic acids is 1. The maximum absolute atomic E-state index is 12.8. The quantitative estimate of drug-likeness (QED) is 0.322. The predicted molar refractivity (Wildman–Crippen MR) is 113 cm³/mol. The Balaban J connectivity index is 2.05. The number of hydrogen-bond acceptors (Lipinski definition) is 6. The lowest BCUT2D eigenvalue weighted by atomic mass is 10.1. The summed E-state index contributed by atoms with van der Waals surface area (Å²) in [6.45, 7) is 1.74. The molecule has 1 aliphatic rings. The van der Waals surface area contributed by atoms with Crippen molar-refractivity contribution in [3.63, 3.8) is 0 Å². The van der Waals surface area contributed by atoms with Crippen LogP contribution in [0.15, 0.2) is 12.1 Å². The van der Waals surface area contributed by atoms with E-state index in [0.29, 0.717) is 19.1 Å². The molecule has 0 saturated carbocycles. The molecule has 31 heavy (non-hydrogen) atoms. The zero-order chi connectivity index (χ0) is 23.3. The molecule has 3 unspecified atom stereocenters. The summed E-state index contributed by atoms with van der Waals surface area (Å²) in [5.74, 6) is -2.97. The van der Waals surface area contributed by atoms with Crippen molar-refractivity contribution in [1.82, 2.24) is 15.5 Å². The summed E-state index contributed by atoms with van der Waals surface area (Å²) in [4.78, 5) is 60.9. The Morgan fingerprint density at radius 3 is 2.42 bits per heavy atom. The summed E-state index contributed by atoms with van der Waals surface area (Å²) in [5.41, 5.74) is 5.89. The molecular weight excluding hydrogens is 451 g/mol. The molecular formula is C19H22Cl2N4O6. The van der Waals surface area contributed by atoms with E-state index in [1.807, 2.05) is 0 Å². The van der Waals surface area contributed by atoms with E-state index >= 15 is 0 Å². The number of hydrogen-bond donors (Lipinski definition) is 4. The number of nitrogens with two attached hydrogens (primary N) is 1. The molecule has 168 valence electrons. The molecule has 1 saturated heterocycles. The Labute approximate surface area is 188 Å². The van der Waals surface area contributed by atoms with Crippen LogP contribution < -0.4 is 16.4 Å². The van der Waals surface area contributed by atoms with E-state index in [0.717, 1.165) is 0 Å². The van der Waals surface area contributed by atoms with Gasteiger partial charge in [-0.2, -0.15) is 0 Å². The van der Waals surface area contributed by atoms with Crippen molar-refractivity contribution in [3.05, 3.63) is 27.7 Å². The molecule has 3 amide bonds. The van der Waals surface area contributed by atoms with E-state index in [9.17, 15) is 24.0 Å². The van der Waals surface area contributed by atoms with Crippen molar-refractivity contribution < 1.29 is 29.1 Å². The summed E-state index contributed by atoms with van der Waals surface area (Å²) in [6.07, 6.45) is 0.659. The normalized spacial score (nSPS) is 17.5. The molecule has 3 atom stereocenters. The number of halogens is 2. The standard InChI is InChI=1S/C19H22Cl2N4O6/c1-9(23-17(29)10-5-12(20)16(22)13(21)6-10)19(31)25-4-2-3-14(25)18(30)24-11(8-26)7-15(27)28/h5-6,8-9,11,14H,2-4,7,22H2,1H3,(H,23,29)(H,24,30)(H,27,28). The van der Waals surface area contributed by atoms with Crippen LogP contribution in [0.5, 0.6) is 0 Å². The zero-order valence-corrected chi connectivity index (χ0v) is 18.1. The number of carbonyl (C=O) groups is 5. The summed E-state index contributed by atoms with van der Waals surface area (Å²) < 4.78 is 0. The molecule has 0 aliphatic carbocycles. The second kappa shape index (κ2) is 10.5. The van der Waals surface area contributed by atoms with Crippen molar-refractivity contribution in [2.24, 2.45) is 0 Å². The lowest BCUT2D eigenvalue weighted by Gasteiger charge is -2.27. The van der Waals surface area contributed by atoms with Gasteiger partial charge in [-0.25, -0.2) is 0 Å². The number of likely N-dealkylation sites (tertiary alicyclic amines) is 1. The number of nitrogens with zero attached hydrogens (tertiary/aromatic N) is 1. The molecule has 1 fully saturated rings. The number of nitrogens with one attached hydrogen (secondary N) is 2. The third-order valence-corrected chi connectivity index (χ3v) is 5.41. The SMILES string of the molecule is CC(NC(=O)c1cc(Cl)c(N)c(Cl)c1)C(=O)N1CCCC1C(=O)NC(C=O)CC(=O)O. The largest absolute Gasteiger partial charge is 0.481 e. The maximum atomic E-state index is 12.8. The second-order valence-corrected chi connectivity index (χ2v) is 7.90. The minimum atomic E-state index is -1.24. The van der Waals surface area contributed by atoms with Crippen LogP contribution in [0.1, 0.15) is 36.5 Å². The molecule has 1 aromatic carbocycles. The number of rotatable bonds is 8. The fraction of sp³-hybridized carbons (Fsp3) is 0.421. The highest BCUT2D eigenvalue weighted by molar-refractivity contribution is 6.39. The van der Waals surface area contributed by atoms with Gasteiger partial charge in [0.1, 0.15) is 18.4 Å². The molecule has 0 radical (unpaired) electrons. The van der Waals surface area contributed by atoms with Gasteiger partial charge in [0.25, 0.3) is 5.91 Å². The van der Waals surface area contributed by atoms with Crippen molar-refractivity contribution >= 4 is 58.9 Å². The van der Waals surface area contributed by atoms with E-state index in [4.69, 9.17) is 34.0 Å². The topological polar surface area (TPSA) is 159 Å². The van der Waals surface area contributed by atoms with Crippen LogP contribution in [0.25, 0.3) is 0 Å². The molecule has 0 spiro atoms. The van der Waals surface area contributed by atoms with E-state index < -0.39 is 48.2 Å². The number of carbonyl (C=O) groups excluding carboxylic acids is 4. The lowest BCUT2D eigenvalue weighted by molar-refractivity contribution is -0.141. The Morgan fingerprint density at radius 2 is 1.87 bits per heavy atom. The minimum absolute atomic E-state index is 0.0963. The first-order valence-electron chi connectivity index (χ1n) is 9.38. The van der Waals surface area contributed by atoms with Crippen molar-refractivity contribution in [1.29, 1.82) is 0 Å². The summed E-state index contributed by atoms with van der Waals surface area (Å²) >= 11 is 11.9. The van der Waals surface area contributed by atoms with Crippen molar-refractivity contribution in [3.8, 4) is 0 Å². The first kappa shape index (κ1) is 24.4. The molecule has 1 heterocycles. The van der Waals surface area contributed by atoms with Crippen molar-refractivity contribution in [2.45, 2.75) is 44.3 Å². The van der Waals surface area contributed by atoms with E-state index in [1.54, 1.807) is 0 Å². The molecule has 2 rings (SSSR count). The molecule has 1 aromatic rings. The van der Waals surface area contributed by atoms with Gasteiger partial charge in [0.15, 0.2) is 0 Å². The van der Waals surface area contributed by atoms with Crippen molar-refractivity contribution in [2.75, 3.05) is 12.3 Å². The van der Waals surface area contributed by atoms with Gasteiger partial charge >= 0.3 is 5.97 Å². The third kappa shape index (κ3) is 6.08. The third-order valence-electron chi connectivity index (χ3n) is 4.78. The second-order valence-electron chi connectivity index (χ2n) is 7.09. The van der Waals surface area contributed by atoms with Gasteiger partial charge in [-0.05, 0) is 31.9 Å². The van der Waals surface area contributed by atoms with Crippen LogP contribution >= 0.6 is 23.2 Å². The number of aldehydes is 1. The lowest BCUT2D eigenvalue weighted by Crippen LogP contribution is -2.54. The molecule has 12 heteroatoms. The highest BCUT2D eigenvalue weighted by Crippen LogP contribution is 2.29. The smallest absolute Gasteiger partial charge is 0.305 e. The number of aliphatic carboxylic acids is 1. The fourth-order valence-electron chi connectivity index (χ4n) is 3.21. The van der Waals surface area contributed by atoms with Gasteiger partial charge in [0.05, 0.1) is 28.2 Å². The maximum Gasteiger partial charge on any atom is 0.305 e. The Bertz CT molecular complexity index is 886. The molecule has 0 aromatic heterocycles. The highest BCUT2D eigenvalue weighted by Gasteiger charge is 2.37. The first-order chi connectivity index (χ1) is 14.5. The highest BCUT2D eigenvalue weighted by atomic mass is 35.5. The van der Waals surface area contributed by atoms with Crippen LogP contribution in [0.2, 0.25) is 10.0 Å². The average molecular weight is 473 g/mol. The Morgan fingerprint density at radius 1 is 1.26 bits per heavy atom. The van der Waals surface area contributed by atoms with E-state index in [-0.39, 0.29) is 27.8 Å². The van der Waals surface area contributed by atoms with Gasteiger partial charge in [-0.1, -0.05) is 23.2 Å². The minimum Gasteiger partial charge on any atom is -0.481 e. The Hall–Kier alpha value is -2.85. The van der Waals surface area contributed by atoms with E-state index in [1.165, 1.54) is 24.0 Å². The number of benzene rings is 1. The van der Waals surface area contributed by atoms with E-state index in [2.05, 4.69) is 10.6 Å². The fourth-order valence-corrected chi connectivity index (χ4v) is 3.70. The van der Waals surface area contributed by atoms with Gasteiger partial charge in [0, 0.05) is 12.1 Å². The molecule has 1 aliphatic heterocycles. The number of amides is 3. The summed E-state index contributed by atoms with van der Waals surface area (Å²) in [5, 5.41) is 13.9.